The van der Waals surface area contributed by atoms with Crippen molar-refractivity contribution in [1.29, 1.82) is 0 Å². The Kier molecular flexibility index (Phi) is 4.81. The summed E-state index contributed by atoms with van der Waals surface area (Å²) in [6, 6.07) is 12.8. The Labute approximate surface area is 143 Å². The number of amides is 1. The molecule has 24 heavy (non-hydrogen) atoms. The fourth-order valence-corrected chi connectivity index (χ4v) is 3.02. The maximum atomic E-state index is 12.0. The number of methoxy groups -OCH3 is 2. The zero-order chi connectivity index (χ0) is 16.9. The number of para-hydroxylation sites is 1. The van der Waals surface area contributed by atoms with Gasteiger partial charge in [0.05, 0.1) is 24.4 Å². The number of hydrogen-bond acceptors (Lipinski definition) is 6. The molecule has 3 aromatic rings. The first-order valence-corrected chi connectivity index (χ1v) is 8.01. The molecule has 0 atom stereocenters. The summed E-state index contributed by atoms with van der Waals surface area (Å²) in [6.07, 6.45) is 0. The standard InChI is InChI=1S/C17H16N2O4S/c1-21-13-8-12-15(9-14(13)22-2)24-17(18-12)19-16(20)10-23-11-6-4-3-5-7-11/h3-9H,10H2,1-2H3,(H,18,19,20). The predicted molar refractivity (Wildman–Crippen MR) is 93.3 cm³/mol. The van der Waals surface area contributed by atoms with Crippen LogP contribution in [0.3, 0.4) is 0 Å². The van der Waals surface area contributed by atoms with Crippen LogP contribution in [0, 0.1) is 0 Å². The zero-order valence-electron chi connectivity index (χ0n) is 13.2. The minimum atomic E-state index is -0.267. The Bertz CT molecular complexity index is 807. The molecular formula is C17H16N2O4S. The third kappa shape index (κ3) is 3.57. The highest BCUT2D eigenvalue weighted by Crippen LogP contribution is 2.36. The van der Waals surface area contributed by atoms with E-state index in [1.54, 1.807) is 32.4 Å². The number of carbonyl (C=O) groups is 1. The lowest BCUT2D eigenvalue weighted by Gasteiger charge is -2.05. The van der Waals surface area contributed by atoms with Crippen LogP contribution in [-0.4, -0.2) is 31.7 Å². The van der Waals surface area contributed by atoms with Gasteiger partial charge in [-0.05, 0) is 12.1 Å². The van der Waals surface area contributed by atoms with Crippen molar-refractivity contribution >= 4 is 32.6 Å². The number of nitrogens with zero attached hydrogens (tertiary/aromatic N) is 1. The Morgan fingerprint density at radius 2 is 1.83 bits per heavy atom. The summed E-state index contributed by atoms with van der Waals surface area (Å²) in [5.74, 6) is 1.60. The van der Waals surface area contributed by atoms with E-state index in [1.165, 1.54) is 11.3 Å². The van der Waals surface area contributed by atoms with Crippen molar-refractivity contribution in [1.82, 2.24) is 4.98 Å². The second-order valence-corrected chi connectivity index (χ2v) is 5.87. The van der Waals surface area contributed by atoms with Gasteiger partial charge in [0.1, 0.15) is 5.75 Å². The fourth-order valence-electron chi connectivity index (χ4n) is 2.13. The summed E-state index contributed by atoms with van der Waals surface area (Å²) in [5, 5.41) is 3.24. The number of rotatable bonds is 6. The van der Waals surface area contributed by atoms with Crippen molar-refractivity contribution < 1.29 is 19.0 Å². The van der Waals surface area contributed by atoms with Crippen molar-refractivity contribution in [3.63, 3.8) is 0 Å². The molecule has 0 radical (unpaired) electrons. The number of aromatic nitrogens is 1. The van der Waals surface area contributed by atoms with Crippen LogP contribution in [0.15, 0.2) is 42.5 Å². The van der Waals surface area contributed by atoms with Crippen LogP contribution < -0.4 is 19.5 Å². The third-order valence-electron chi connectivity index (χ3n) is 3.25. The second kappa shape index (κ2) is 7.18. The summed E-state index contributed by atoms with van der Waals surface area (Å²) < 4.78 is 16.8. The summed E-state index contributed by atoms with van der Waals surface area (Å²) in [7, 11) is 3.15. The van der Waals surface area contributed by atoms with Gasteiger partial charge < -0.3 is 14.2 Å². The molecule has 1 N–H and O–H groups in total. The van der Waals surface area contributed by atoms with E-state index < -0.39 is 0 Å². The molecule has 3 rings (SSSR count). The molecule has 0 saturated heterocycles. The van der Waals surface area contributed by atoms with Gasteiger partial charge in [-0.1, -0.05) is 29.5 Å². The second-order valence-electron chi connectivity index (χ2n) is 4.84. The number of ether oxygens (including phenoxy) is 3. The van der Waals surface area contributed by atoms with Gasteiger partial charge in [-0.2, -0.15) is 0 Å². The first kappa shape index (κ1) is 16.1. The van der Waals surface area contributed by atoms with E-state index in [9.17, 15) is 4.79 Å². The smallest absolute Gasteiger partial charge is 0.264 e. The van der Waals surface area contributed by atoms with Crippen LogP contribution in [-0.2, 0) is 4.79 Å². The fraction of sp³-hybridized carbons (Fsp3) is 0.176. The molecule has 0 aliphatic heterocycles. The van der Waals surface area contributed by atoms with Gasteiger partial charge in [0.15, 0.2) is 23.2 Å². The van der Waals surface area contributed by atoms with Crippen molar-refractivity contribution in [2.24, 2.45) is 0 Å². The highest BCUT2D eigenvalue weighted by Gasteiger charge is 2.12. The number of carbonyl (C=O) groups excluding carboxylic acids is 1. The maximum Gasteiger partial charge on any atom is 0.264 e. The average molecular weight is 344 g/mol. The molecule has 1 aromatic heterocycles. The van der Waals surface area contributed by atoms with Crippen LogP contribution in [0.5, 0.6) is 17.2 Å². The van der Waals surface area contributed by atoms with Crippen molar-refractivity contribution in [3.8, 4) is 17.2 Å². The largest absolute Gasteiger partial charge is 0.493 e. The Hall–Kier alpha value is -2.80. The van der Waals surface area contributed by atoms with Gasteiger partial charge in [-0.15, -0.1) is 0 Å². The van der Waals surface area contributed by atoms with Crippen LogP contribution in [0.25, 0.3) is 10.2 Å². The van der Waals surface area contributed by atoms with Gasteiger partial charge in [0.25, 0.3) is 5.91 Å². The molecule has 0 aliphatic rings. The quantitative estimate of drug-likeness (QED) is 0.743. The van der Waals surface area contributed by atoms with Gasteiger partial charge in [0.2, 0.25) is 0 Å². The van der Waals surface area contributed by atoms with E-state index in [4.69, 9.17) is 14.2 Å². The number of anilines is 1. The molecule has 6 nitrogen and oxygen atoms in total. The van der Waals surface area contributed by atoms with Crippen LogP contribution in [0.2, 0.25) is 0 Å². The van der Waals surface area contributed by atoms with E-state index in [-0.39, 0.29) is 12.5 Å². The third-order valence-corrected chi connectivity index (χ3v) is 4.19. The average Bonchev–Trinajstić information content (AvgIpc) is 3.00. The van der Waals surface area contributed by atoms with Crippen molar-refractivity contribution in [2.45, 2.75) is 0 Å². The lowest BCUT2D eigenvalue weighted by Crippen LogP contribution is -2.19. The van der Waals surface area contributed by atoms with E-state index in [1.807, 2.05) is 24.3 Å². The lowest BCUT2D eigenvalue weighted by molar-refractivity contribution is -0.118. The summed E-state index contributed by atoms with van der Waals surface area (Å²) in [6.45, 7) is -0.0768. The van der Waals surface area contributed by atoms with Gasteiger partial charge in [0, 0.05) is 12.1 Å². The molecule has 7 heteroatoms. The summed E-state index contributed by atoms with van der Waals surface area (Å²) in [4.78, 5) is 16.4. The van der Waals surface area contributed by atoms with E-state index in [0.717, 1.165) is 10.2 Å². The number of fused-ring (bicyclic) bond motifs is 1. The lowest BCUT2D eigenvalue weighted by atomic mass is 10.3. The molecule has 0 spiro atoms. The summed E-state index contributed by atoms with van der Waals surface area (Å²) >= 11 is 1.36. The van der Waals surface area contributed by atoms with E-state index in [0.29, 0.717) is 22.4 Å². The molecule has 124 valence electrons. The Morgan fingerprint density at radius 1 is 1.12 bits per heavy atom. The molecular weight excluding hydrogens is 328 g/mol. The van der Waals surface area contributed by atoms with Crippen molar-refractivity contribution in [3.05, 3.63) is 42.5 Å². The molecule has 0 aliphatic carbocycles. The van der Waals surface area contributed by atoms with E-state index in [2.05, 4.69) is 10.3 Å². The molecule has 1 heterocycles. The molecule has 1 amide bonds. The van der Waals surface area contributed by atoms with Gasteiger partial charge >= 0.3 is 0 Å². The first-order chi connectivity index (χ1) is 11.7. The Morgan fingerprint density at radius 3 is 2.54 bits per heavy atom. The topological polar surface area (TPSA) is 69.7 Å². The molecule has 0 bridgehead atoms. The van der Waals surface area contributed by atoms with E-state index >= 15 is 0 Å². The van der Waals surface area contributed by atoms with Gasteiger partial charge in [-0.3, -0.25) is 10.1 Å². The first-order valence-electron chi connectivity index (χ1n) is 7.20. The summed E-state index contributed by atoms with van der Waals surface area (Å²) in [5.41, 5.74) is 0.733. The molecule has 2 aromatic carbocycles. The van der Waals surface area contributed by atoms with Gasteiger partial charge in [-0.25, -0.2) is 4.98 Å². The number of benzene rings is 2. The monoisotopic (exact) mass is 344 g/mol. The maximum absolute atomic E-state index is 12.0. The normalized spacial score (nSPS) is 10.4. The number of thiazole rings is 1. The minimum absolute atomic E-state index is 0.0768. The Balaban J connectivity index is 1.69. The van der Waals surface area contributed by atoms with Crippen LogP contribution in [0.1, 0.15) is 0 Å². The predicted octanol–water partition coefficient (Wildman–Crippen LogP) is 3.33. The SMILES string of the molecule is COc1cc2nc(NC(=O)COc3ccccc3)sc2cc1OC. The highest BCUT2D eigenvalue weighted by atomic mass is 32.1. The minimum Gasteiger partial charge on any atom is -0.493 e. The van der Waals surface area contributed by atoms with Crippen LogP contribution in [0.4, 0.5) is 5.13 Å². The molecule has 0 unspecified atom stereocenters. The molecule has 0 fully saturated rings. The van der Waals surface area contributed by atoms with Crippen molar-refractivity contribution in [2.75, 3.05) is 26.1 Å². The highest BCUT2D eigenvalue weighted by molar-refractivity contribution is 7.22. The zero-order valence-corrected chi connectivity index (χ0v) is 14.1. The molecule has 0 saturated carbocycles. The number of hydrogen-bond donors (Lipinski definition) is 1. The number of nitrogens with one attached hydrogen (secondary N) is 1. The van der Waals surface area contributed by atoms with Crippen LogP contribution >= 0.6 is 11.3 Å².